The average molecular weight is 391 g/mol. The van der Waals surface area contributed by atoms with Crippen molar-refractivity contribution in [2.75, 3.05) is 13.1 Å². The van der Waals surface area contributed by atoms with Crippen molar-refractivity contribution in [1.82, 2.24) is 20.9 Å². The number of nitrogens with one attached hydrogen (secondary N) is 3. The summed E-state index contributed by atoms with van der Waals surface area (Å²) in [5, 5.41) is 9.37. The largest absolute Gasteiger partial charge is 0.349 e. The smallest absolute Gasteiger partial charge is 0.253 e. The summed E-state index contributed by atoms with van der Waals surface area (Å²) in [4.78, 5) is 26.2. The van der Waals surface area contributed by atoms with E-state index in [4.69, 9.17) is 23.2 Å². The van der Waals surface area contributed by atoms with Crippen LogP contribution in [-0.2, 0) is 4.79 Å². The van der Waals surface area contributed by atoms with Crippen LogP contribution in [0.5, 0.6) is 0 Å². The highest BCUT2D eigenvalue weighted by atomic mass is 35.5. The molecule has 0 radical (unpaired) electrons. The molecule has 0 aromatic carbocycles. The number of likely N-dealkylation sites (tertiary alicyclic amines) is 1. The third-order valence-corrected chi connectivity index (χ3v) is 5.85. The first-order valence-electron chi connectivity index (χ1n) is 7.97. The maximum atomic E-state index is 12.3. The van der Waals surface area contributed by atoms with Crippen LogP contribution in [0.15, 0.2) is 6.07 Å². The lowest BCUT2D eigenvalue weighted by Gasteiger charge is -2.41. The summed E-state index contributed by atoms with van der Waals surface area (Å²) >= 11 is 13.1. The second-order valence-electron chi connectivity index (χ2n) is 6.26. The zero-order valence-electron chi connectivity index (χ0n) is 13.3. The van der Waals surface area contributed by atoms with E-state index in [1.165, 1.54) is 11.3 Å². The second-order valence-corrected chi connectivity index (χ2v) is 8.55. The molecule has 2 aliphatic rings. The van der Waals surface area contributed by atoms with E-state index in [1.807, 2.05) is 6.92 Å². The van der Waals surface area contributed by atoms with Crippen LogP contribution in [0.2, 0.25) is 8.67 Å². The summed E-state index contributed by atoms with van der Waals surface area (Å²) in [6, 6.07) is 1.87. The number of piperidine rings is 1. The van der Waals surface area contributed by atoms with Crippen molar-refractivity contribution >= 4 is 46.4 Å². The predicted octanol–water partition coefficient (Wildman–Crippen LogP) is 2.03. The van der Waals surface area contributed by atoms with E-state index in [2.05, 4.69) is 20.9 Å². The van der Waals surface area contributed by atoms with Crippen LogP contribution in [0.4, 0.5) is 0 Å². The Labute approximate surface area is 154 Å². The van der Waals surface area contributed by atoms with Gasteiger partial charge in [-0.15, -0.1) is 11.3 Å². The highest BCUT2D eigenvalue weighted by Gasteiger charge is 2.31. The lowest BCUT2D eigenvalue weighted by molar-refractivity contribution is -0.127. The number of hydrogen-bond acceptors (Lipinski definition) is 5. The minimum atomic E-state index is -0.181. The number of nitrogens with zero attached hydrogens (tertiary/aromatic N) is 1. The monoisotopic (exact) mass is 390 g/mol. The Balaban J connectivity index is 1.51. The molecule has 0 saturated carbocycles. The molecule has 3 heterocycles. The molecule has 132 valence electrons. The van der Waals surface area contributed by atoms with Gasteiger partial charge in [-0.25, -0.2) is 0 Å². The third kappa shape index (κ3) is 4.21. The molecule has 3 rings (SSSR count). The molecule has 2 saturated heterocycles. The molecule has 2 fully saturated rings. The van der Waals surface area contributed by atoms with E-state index in [1.54, 1.807) is 6.07 Å². The van der Waals surface area contributed by atoms with Crippen LogP contribution in [0, 0.1) is 0 Å². The fourth-order valence-electron chi connectivity index (χ4n) is 3.12. The SMILES string of the molecule is CC1CC(=O)NC(N2CCC(NC(=O)c3cc(Cl)sc3Cl)CC2)N1. The molecule has 1 aromatic rings. The summed E-state index contributed by atoms with van der Waals surface area (Å²) in [6.07, 6.45) is 2.03. The quantitative estimate of drug-likeness (QED) is 0.737. The van der Waals surface area contributed by atoms with Crippen molar-refractivity contribution in [2.24, 2.45) is 0 Å². The fraction of sp³-hybridized carbons (Fsp3) is 0.600. The van der Waals surface area contributed by atoms with Gasteiger partial charge in [-0.3, -0.25) is 19.8 Å². The van der Waals surface area contributed by atoms with E-state index in [0.717, 1.165) is 25.9 Å². The summed E-state index contributed by atoms with van der Waals surface area (Å²) in [5.74, 6) is -0.107. The average Bonchev–Trinajstić information content (AvgIpc) is 2.86. The van der Waals surface area contributed by atoms with Crippen LogP contribution in [-0.4, -0.2) is 48.2 Å². The summed E-state index contributed by atoms with van der Waals surface area (Å²) < 4.78 is 0.922. The molecule has 9 heteroatoms. The number of halogens is 2. The molecule has 1 aromatic heterocycles. The number of carbonyl (C=O) groups excluding carboxylic acids is 2. The van der Waals surface area contributed by atoms with Crippen molar-refractivity contribution in [3.05, 3.63) is 20.3 Å². The number of hydrogen-bond donors (Lipinski definition) is 3. The van der Waals surface area contributed by atoms with Gasteiger partial charge >= 0.3 is 0 Å². The minimum Gasteiger partial charge on any atom is -0.349 e. The topological polar surface area (TPSA) is 73.5 Å². The highest BCUT2D eigenvalue weighted by Crippen LogP contribution is 2.31. The molecule has 2 aliphatic heterocycles. The first kappa shape index (κ1) is 17.9. The van der Waals surface area contributed by atoms with Crippen LogP contribution < -0.4 is 16.0 Å². The number of thiophene rings is 1. The molecule has 3 N–H and O–H groups in total. The van der Waals surface area contributed by atoms with Crippen molar-refractivity contribution in [1.29, 1.82) is 0 Å². The Morgan fingerprint density at radius 2 is 2.08 bits per heavy atom. The van der Waals surface area contributed by atoms with E-state index in [-0.39, 0.29) is 30.2 Å². The van der Waals surface area contributed by atoms with Gasteiger partial charge in [-0.2, -0.15) is 0 Å². The van der Waals surface area contributed by atoms with Crippen molar-refractivity contribution in [3.63, 3.8) is 0 Å². The van der Waals surface area contributed by atoms with Gasteiger partial charge in [-0.1, -0.05) is 23.2 Å². The standard InChI is InChI=1S/C15H20Cl2N4O2S/c1-8-6-12(22)20-15(18-8)21-4-2-9(3-5-21)19-14(23)10-7-11(16)24-13(10)17/h7-9,15,18H,2-6H2,1H3,(H,19,23)(H,20,22). The summed E-state index contributed by atoms with van der Waals surface area (Å²) in [5.41, 5.74) is 0.434. The van der Waals surface area contributed by atoms with E-state index < -0.39 is 0 Å². The van der Waals surface area contributed by atoms with Gasteiger partial charge < -0.3 is 10.6 Å². The Morgan fingerprint density at radius 3 is 2.67 bits per heavy atom. The maximum Gasteiger partial charge on any atom is 0.253 e. The normalized spacial score (nSPS) is 26.2. The van der Waals surface area contributed by atoms with Gasteiger partial charge in [0, 0.05) is 31.6 Å². The lowest BCUT2D eigenvalue weighted by atomic mass is 10.0. The van der Waals surface area contributed by atoms with Gasteiger partial charge in [-0.05, 0) is 25.8 Å². The zero-order chi connectivity index (χ0) is 17.3. The van der Waals surface area contributed by atoms with Crippen LogP contribution in [0.1, 0.15) is 36.5 Å². The number of rotatable bonds is 3. The number of amides is 2. The Kier molecular flexibility index (Phi) is 5.66. The Bertz CT molecular complexity index is 631. The minimum absolute atomic E-state index is 0.0747. The summed E-state index contributed by atoms with van der Waals surface area (Å²) in [6.45, 7) is 3.61. The molecular weight excluding hydrogens is 371 g/mol. The van der Waals surface area contributed by atoms with Crippen molar-refractivity contribution in [2.45, 2.75) is 44.6 Å². The van der Waals surface area contributed by atoms with Gasteiger partial charge in [0.2, 0.25) is 5.91 Å². The number of carbonyl (C=O) groups is 2. The van der Waals surface area contributed by atoms with Gasteiger partial charge in [0.15, 0.2) is 0 Å². The fourth-order valence-corrected chi connectivity index (χ4v) is 4.57. The molecule has 6 nitrogen and oxygen atoms in total. The Morgan fingerprint density at radius 1 is 1.38 bits per heavy atom. The lowest BCUT2D eigenvalue weighted by Crippen LogP contribution is -2.65. The molecule has 2 atom stereocenters. The van der Waals surface area contributed by atoms with Crippen molar-refractivity contribution in [3.8, 4) is 0 Å². The molecule has 0 spiro atoms. The Hall–Kier alpha value is -0.860. The zero-order valence-corrected chi connectivity index (χ0v) is 15.6. The molecule has 0 bridgehead atoms. The molecule has 2 amide bonds. The first-order valence-corrected chi connectivity index (χ1v) is 9.55. The second kappa shape index (κ2) is 7.58. The molecule has 0 aliphatic carbocycles. The van der Waals surface area contributed by atoms with E-state index in [9.17, 15) is 9.59 Å². The van der Waals surface area contributed by atoms with Gasteiger partial charge in [0.05, 0.1) is 9.90 Å². The molecular formula is C15H20Cl2N4O2S. The van der Waals surface area contributed by atoms with Crippen LogP contribution in [0.3, 0.4) is 0 Å². The predicted molar refractivity (Wildman–Crippen MR) is 95.5 cm³/mol. The maximum absolute atomic E-state index is 12.3. The van der Waals surface area contributed by atoms with Gasteiger partial charge in [0.25, 0.3) is 5.91 Å². The van der Waals surface area contributed by atoms with Crippen LogP contribution >= 0.6 is 34.5 Å². The summed E-state index contributed by atoms with van der Waals surface area (Å²) in [7, 11) is 0. The van der Waals surface area contributed by atoms with E-state index >= 15 is 0 Å². The van der Waals surface area contributed by atoms with Crippen molar-refractivity contribution < 1.29 is 9.59 Å². The van der Waals surface area contributed by atoms with Crippen LogP contribution in [0.25, 0.3) is 0 Å². The third-order valence-electron chi connectivity index (χ3n) is 4.36. The van der Waals surface area contributed by atoms with E-state index in [0.29, 0.717) is 20.7 Å². The highest BCUT2D eigenvalue weighted by molar-refractivity contribution is 7.20. The molecule has 24 heavy (non-hydrogen) atoms. The molecule has 2 unspecified atom stereocenters. The van der Waals surface area contributed by atoms with Gasteiger partial charge in [0.1, 0.15) is 10.6 Å². The first-order chi connectivity index (χ1) is 11.4.